The van der Waals surface area contributed by atoms with E-state index in [0.29, 0.717) is 30.4 Å². The Hall–Kier alpha value is -2.54. The number of sulfone groups is 1. The maximum absolute atomic E-state index is 12.3. The molecule has 7 heteroatoms. The summed E-state index contributed by atoms with van der Waals surface area (Å²) in [5, 5.41) is 6.41. The molecule has 0 aromatic heterocycles. The van der Waals surface area contributed by atoms with Gasteiger partial charge in [-0.1, -0.05) is 35.9 Å². The van der Waals surface area contributed by atoms with Gasteiger partial charge >= 0.3 is 0 Å². The largest absolute Gasteiger partial charge is 0.496 e. The van der Waals surface area contributed by atoms with Crippen molar-refractivity contribution in [1.82, 2.24) is 10.6 Å². The van der Waals surface area contributed by atoms with E-state index >= 15 is 0 Å². The first-order valence-electron chi connectivity index (χ1n) is 9.32. The van der Waals surface area contributed by atoms with Gasteiger partial charge < -0.3 is 15.4 Å². The Labute approximate surface area is 168 Å². The van der Waals surface area contributed by atoms with E-state index in [0.717, 1.165) is 17.7 Å². The molecule has 0 atom stereocenters. The van der Waals surface area contributed by atoms with E-state index in [-0.39, 0.29) is 5.75 Å². The van der Waals surface area contributed by atoms with E-state index in [4.69, 9.17) is 4.74 Å². The standard InChI is InChI=1S/C21H29N3O3S/c1-17-10-11-20(27-3)18(16-17)12-14-24-21(22-2)23-13-7-15-28(25,26)19-8-5-4-6-9-19/h4-6,8-11,16H,7,12-15H2,1-3H3,(H2,22,23,24). The Kier molecular flexibility index (Phi) is 8.32. The van der Waals surface area contributed by atoms with Gasteiger partial charge in [0, 0.05) is 20.1 Å². The Morgan fingerprint density at radius 2 is 1.79 bits per heavy atom. The van der Waals surface area contributed by atoms with E-state index in [1.807, 2.05) is 18.2 Å². The predicted octanol–water partition coefficient (Wildman–Crippen LogP) is 2.58. The molecule has 6 nitrogen and oxygen atoms in total. The minimum atomic E-state index is -3.24. The van der Waals surface area contributed by atoms with Crippen LogP contribution in [0.15, 0.2) is 58.4 Å². The number of rotatable bonds is 9. The predicted molar refractivity (Wildman–Crippen MR) is 114 cm³/mol. The Bertz CT molecular complexity index is 881. The van der Waals surface area contributed by atoms with Crippen LogP contribution in [-0.2, 0) is 16.3 Å². The lowest BCUT2D eigenvalue weighted by Crippen LogP contribution is -2.39. The number of ether oxygens (including phenoxy) is 1. The van der Waals surface area contributed by atoms with E-state index in [1.54, 1.807) is 38.4 Å². The van der Waals surface area contributed by atoms with Crippen molar-refractivity contribution in [1.29, 1.82) is 0 Å². The number of methoxy groups -OCH3 is 1. The van der Waals surface area contributed by atoms with Crippen molar-refractivity contribution in [3.63, 3.8) is 0 Å². The van der Waals surface area contributed by atoms with Crippen LogP contribution in [-0.4, -0.2) is 47.4 Å². The fourth-order valence-corrected chi connectivity index (χ4v) is 4.19. The van der Waals surface area contributed by atoms with Gasteiger partial charge in [0.1, 0.15) is 5.75 Å². The van der Waals surface area contributed by atoms with Gasteiger partial charge in [0.25, 0.3) is 0 Å². The van der Waals surface area contributed by atoms with Gasteiger partial charge in [0.2, 0.25) is 0 Å². The first-order chi connectivity index (χ1) is 13.5. The van der Waals surface area contributed by atoms with Crippen LogP contribution in [0, 0.1) is 6.92 Å². The third-order valence-electron chi connectivity index (χ3n) is 4.33. The second kappa shape index (κ2) is 10.7. The maximum Gasteiger partial charge on any atom is 0.190 e. The summed E-state index contributed by atoms with van der Waals surface area (Å²) in [6.45, 7) is 3.28. The highest BCUT2D eigenvalue weighted by molar-refractivity contribution is 7.91. The number of hydrogen-bond donors (Lipinski definition) is 2. The highest BCUT2D eigenvalue weighted by Crippen LogP contribution is 2.19. The van der Waals surface area contributed by atoms with Crippen LogP contribution in [0.1, 0.15) is 17.5 Å². The van der Waals surface area contributed by atoms with Crippen molar-refractivity contribution in [2.75, 3.05) is 33.0 Å². The molecule has 0 amide bonds. The van der Waals surface area contributed by atoms with Gasteiger partial charge in [-0.05, 0) is 43.5 Å². The van der Waals surface area contributed by atoms with Crippen LogP contribution < -0.4 is 15.4 Å². The number of benzene rings is 2. The number of nitrogens with one attached hydrogen (secondary N) is 2. The molecule has 0 spiro atoms. The second-order valence-corrected chi connectivity index (χ2v) is 8.59. The maximum atomic E-state index is 12.3. The molecular weight excluding hydrogens is 374 g/mol. The summed E-state index contributed by atoms with van der Waals surface area (Å²) in [7, 11) is 0.126. The zero-order valence-corrected chi connectivity index (χ0v) is 17.6. The molecule has 0 radical (unpaired) electrons. The molecule has 152 valence electrons. The highest BCUT2D eigenvalue weighted by atomic mass is 32.2. The summed E-state index contributed by atoms with van der Waals surface area (Å²) in [5.41, 5.74) is 2.33. The van der Waals surface area contributed by atoms with E-state index < -0.39 is 9.84 Å². The average molecular weight is 404 g/mol. The molecule has 0 aliphatic heterocycles. The quantitative estimate of drug-likeness (QED) is 0.382. The first kappa shape index (κ1) is 21.8. The van der Waals surface area contributed by atoms with Crippen LogP contribution >= 0.6 is 0 Å². The van der Waals surface area contributed by atoms with Crippen LogP contribution in [0.4, 0.5) is 0 Å². The summed E-state index contributed by atoms with van der Waals surface area (Å²) in [4.78, 5) is 4.55. The van der Waals surface area contributed by atoms with Crippen molar-refractivity contribution in [2.45, 2.75) is 24.7 Å². The third kappa shape index (κ3) is 6.56. The van der Waals surface area contributed by atoms with Gasteiger partial charge in [-0.15, -0.1) is 0 Å². The van der Waals surface area contributed by atoms with Gasteiger partial charge in [0.05, 0.1) is 17.8 Å². The van der Waals surface area contributed by atoms with Crippen LogP contribution in [0.5, 0.6) is 5.75 Å². The number of hydrogen-bond acceptors (Lipinski definition) is 4. The lowest BCUT2D eigenvalue weighted by Gasteiger charge is -2.13. The normalized spacial score (nSPS) is 11.9. The van der Waals surface area contributed by atoms with Crippen LogP contribution in [0.25, 0.3) is 0 Å². The molecule has 0 saturated carbocycles. The molecule has 0 fully saturated rings. The Morgan fingerprint density at radius 3 is 2.46 bits per heavy atom. The molecule has 2 rings (SSSR count). The zero-order chi connectivity index (χ0) is 20.4. The number of aryl methyl sites for hydroxylation is 1. The van der Waals surface area contributed by atoms with E-state index in [9.17, 15) is 8.42 Å². The lowest BCUT2D eigenvalue weighted by atomic mass is 10.1. The summed E-state index contributed by atoms with van der Waals surface area (Å²) in [6.07, 6.45) is 1.30. The van der Waals surface area contributed by atoms with E-state index in [1.165, 1.54) is 5.56 Å². The highest BCUT2D eigenvalue weighted by Gasteiger charge is 2.13. The van der Waals surface area contributed by atoms with Crippen molar-refractivity contribution >= 4 is 15.8 Å². The molecule has 2 aromatic carbocycles. The number of guanidine groups is 1. The van der Waals surface area contributed by atoms with Crippen LogP contribution in [0.2, 0.25) is 0 Å². The second-order valence-electron chi connectivity index (χ2n) is 6.48. The minimum absolute atomic E-state index is 0.0987. The SMILES string of the molecule is CN=C(NCCCS(=O)(=O)c1ccccc1)NCCc1cc(C)ccc1OC. The summed E-state index contributed by atoms with van der Waals surface area (Å²) in [6, 6.07) is 14.7. The van der Waals surface area contributed by atoms with Gasteiger partial charge in [-0.25, -0.2) is 8.42 Å². The smallest absolute Gasteiger partial charge is 0.190 e. The summed E-state index contributed by atoms with van der Waals surface area (Å²) in [5.74, 6) is 1.63. The number of aliphatic imine (C=N–C) groups is 1. The molecular formula is C21H29N3O3S. The summed E-state index contributed by atoms with van der Waals surface area (Å²) >= 11 is 0. The molecule has 0 heterocycles. The average Bonchev–Trinajstić information content (AvgIpc) is 2.70. The van der Waals surface area contributed by atoms with Crippen molar-refractivity contribution in [2.24, 2.45) is 4.99 Å². The molecule has 0 bridgehead atoms. The minimum Gasteiger partial charge on any atom is -0.496 e. The first-order valence-corrected chi connectivity index (χ1v) is 11.0. The van der Waals surface area contributed by atoms with Gasteiger partial charge in [-0.3, -0.25) is 4.99 Å². The van der Waals surface area contributed by atoms with Crippen molar-refractivity contribution < 1.29 is 13.2 Å². The Morgan fingerprint density at radius 1 is 1.07 bits per heavy atom. The fraction of sp³-hybridized carbons (Fsp3) is 0.381. The number of nitrogens with zero attached hydrogens (tertiary/aromatic N) is 1. The zero-order valence-electron chi connectivity index (χ0n) is 16.7. The lowest BCUT2D eigenvalue weighted by molar-refractivity contribution is 0.409. The molecule has 0 aliphatic rings. The van der Waals surface area contributed by atoms with Crippen LogP contribution in [0.3, 0.4) is 0 Å². The third-order valence-corrected chi connectivity index (χ3v) is 6.15. The van der Waals surface area contributed by atoms with Crippen molar-refractivity contribution in [3.8, 4) is 5.75 Å². The monoisotopic (exact) mass is 403 g/mol. The van der Waals surface area contributed by atoms with E-state index in [2.05, 4.69) is 28.6 Å². The molecule has 2 N–H and O–H groups in total. The van der Waals surface area contributed by atoms with Gasteiger partial charge in [-0.2, -0.15) is 0 Å². The Balaban J connectivity index is 1.76. The molecule has 2 aromatic rings. The molecule has 0 unspecified atom stereocenters. The molecule has 0 saturated heterocycles. The topological polar surface area (TPSA) is 79.8 Å². The summed E-state index contributed by atoms with van der Waals surface area (Å²) < 4.78 is 30.0. The van der Waals surface area contributed by atoms with Gasteiger partial charge in [0.15, 0.2) is 15.8 Å². The molecule has 0 aliphatic carbocycles. The molecule has 28 heavy (non-hydrogen) atoms. The fourth-order valence-electron chi connectivity index (χ4n) is 2.85. The van der Waals surface area contributed by atoms with Crippen molar-refractivity contribution in [3.05, 3.63) is 59.7 Å².